The molecule has 0 spiro atoms. The summed E-state index contributed by atoms with van der Waals surface area (Å²) in [6.45, 7) is -0.335. The smallest absolute Gasteiger partial charge is 0.306 e. The fraction of sp³-hybridized carbons (Fsp3) is 0.235. The van der Waals surface area contributed by atoms with Crippen LogP contribution in [0.25, 0.3) is 0 Å². The molecule has 0 aliphatic heterocycles. The molecule has 104 valence electrons. The van der Waals surface area contributed by atoms with E-state index in [2.05, 4.69) is 0 Å². The minimum Gasteiger partial charge on any atom is -0.461 e. The Morgan fingerprint density at radius 1 is 1.00 bits per heavy atom. The molecule has 2 aromatic rings. The standard InChI is InChI=1S/C17H17FO2/c18-12-16(15-9-5-2-6-10-15)11-17(19)20-13-14-7-3-1-4-8-14/h1-10,16H,11-13H2/t16-/m0/s1. The number of alkyl halides is 1. The van der Waals surface area contributed by atoms with E-state index >= 15 is 0 Å². The molecule has 0 unspecified atom stereocenters. The molecular formula is C17H17FO2. The van der Waals surface area contributed by atoms with E-state index in [0.717, 1.165) is 11.1 Å². The maximum Gasteiger partial charge on any atom is 0.306 e. The lowest BCUT2D eigenvalue weighted by molar-refractivity contribution is -0.145. The Morgan fingerprint density at radius 2 is 1.60 bits per heavy atom. The van der Waals surface area contributed by atoms with Crippen LogP contribution in [0.2, 0.25) is 0 Å². The molecule has 1 atom stereocenters. The van der Waals surface area contributed by atoms with Gasteiger partial charge >= 0.3 is 5.97 Å². The first kappa shape index (κ1) is 14.3. The monoisotopic (exact) mass is 272 g/mol. The average Bonchev–Trinajstić information content (AvgIpc) is 2.52. The summed E-state index contributed by atoms with van der Waals surface area (Å²) in [6.07, 6.45) is 0.0628. The van der Waals surface area contributed by atoms with Crippen molar-refractivity contribution in [3.05, 3.63) is 71.8 Å². The predicted octanol–water partition coefficient (Wildman–Crippen LogP) is 3.87. The van der Waals surface area contributed by atoms with E-state index in [1.54, 1.807) is 0 Å². The van der Waals surface area contributed by atoms with Crippen molar-refractivity contribution in [2.45, 2.75) is 18.9 Å². The van der Waals surface area contributed by atoms with Gasteiger partial charge in [-0.25, -0.2) is 0 Å². The topological polar surface area (TPSA) is 26.3 Å². The summed E-state index contributed by atoms with van der Waals surface area (Å²) in [7, 11) is 0. The molecule has 0 aliphatic carbocycles. The number of hydrogen-bond acceptors (Lipinski definition) is 2. The molecule has 20 heavy (non-hydrogen) atoms. The first-order chi connectivity index (χ1) is 9.79. The zero-order chi connectivity index (χ0) is 14.2. The lowest BCUT2D eigenvalue weighted by Crippen LogP contribution is -2.12. The van der Waals surface area contributed by atoms with Crippen LogP contribution >= 0.6 is 0 Å². The Balaban J connectivity index is 1.87. The molecule has 0 fully saturated rings. The van der Waals surface area contributed by atoms with Crippen molar-refractivity contribution in [3.8, 4) is 0 Å². The van der Waals surface area contributed by atoms with Crippen LogP contribution in [0.1, 0.15) is 23.5 Å². The Bertz CT molecular complexity index is 525. The van der Waals surface area contributed by atoms with Crippen molar-refractivity contribution >= 4 is 5.97 Å². The van der Waals surface area contributed by atoms with E-state index < -0.39 is 12.6 Å². The van der Waals surface area contributed by atoms with E-state index in [1.165, 1.54) is 0 Å². The summed E-state index contributed by atoms with van der Waals surface area (Å²) in [4.78, 5) is 11.8. The molecule has 0 aromatic heterocycles. The van der Waals surface area contributed by atoms with Crippen LogP contribution in [0.5, 0.6) is 0 Å². The van der Waals surface area contributed by atoms with E-state index in [1.807, 2.05) is 60.7 Å². The van der Waals surface area contributed by atoms with Gasteiger partial charge in [0.2, 0.25) is 0 Å². The summed E-state index contributed by atoms with van der Waals surface area (Å²) in [5.74, 6) is -0.806. The fourth-order valence-electron chi connectivity index (χ4n) is 1.98. The largest absolute Gasteiger partial charge is 0.461 e. The molecule has 0 saturated heterocycles. The fourth-order valence-corrected chi connectivity index (χ4v) is 1.98. The SMILES string of the molecule is O=C(C[C@@H](CF)c1ccccc1)OCc1ccccc1. The zero-order valence-corrected chi connectivity index (χ0v) is 11.2. The molecule has 2 rings (SSSR count). The van der Waals surface area contributed by atoms with Gasteiger partial charge in [0.1, 0.15) is 6.61 Å². The Morgan fingerprint density at radius 3 is 2.20 bits per heavy atom. The van der Waals surface area contributed by atoms with Gasteiger partial charge in [-0.05, 0) is 11.1 Å². The van der Waals surface area contributed by atoms with Crippen LogP contribution in [0.3, 0.4) is 0 Å². The second-order valence-electron chi connectivity index (χ2n) is 4.61. The van der Waals surface area contributed by atoms with Crippen LogP contribution in [0, 0.1) is 0 Å². The highest BCUT2D eigenvalue weighted by Crippen LogP contribution is 2.20. The van der Waals surface area contributed by atoms with Crippen LogP contribution in [-0.4, -0.2) is 12.6 Å². The molecule has 0 heterocycles. The first-order valence-electron chi connectivity index (χ1n) is 6.60. The van der Waals surface area contributed by atoms with E-state index in [4.69, 9.17) is 4.74 Å². The van der Waals surface area contributed by atoms with Crippen molar-refractivity contribution in [1.29, 1.82) is 0 Å². The Labute approximate surface area is 118 Å². The van der Waals surface area contributed by atoms with E-state index in [0.29, 0.717) is 0 Å². The number of benzene rings is 2. The Hall–Kier alpha value is -2.16. The number of carbonyl (C=O) groups is 1. The maximum atomic E-state index is 13.1. The molecule has 0 amide bonds. The van der Waals surface area contributed by atoms with Gasteiger partial charge in [0.05, 0.1) is 13.1 Å². The average molecular weight is 272 g/mol. The molecule has 0 radical (unpaired) electrons. The second kappa shape index (κ2) is 7.43. The minimum atomic E-state index is -0.565. The van der Waals surface area contributed by atoms with Gasteiger partial charge < -0.3 is 4.74 Å². The van der Waals surface area contributed by atoms with Crippen LogP contribution < -0.4 is 0 Å². The third-order valence-corrected chi connectivity index (χ3v) is 3.11. The summed E-state index contributed by atoms with van der Waals surface area (Å²) < 4.78 is 18.2. The molecule has 0 N–H and O–H groups in total. The van der Waals surface area contributed by atoms with E-state index in [9.17, 15) is 9.18 Å². The van der Waals surface area contributed by atoms with Crippen LogP contribution in [-0.2, 0) is 16.1 Å². The molecular weight excluding hydrogens is 255 g/mol. The number of hydrogen-bond donors (Lipinski definition) is 0. The number of carbonyl (C=O) groups excluding carboxylic acids is 1. The number of esters is 1. The molecule has 0 saturated carbocycles. The minimum absolute atomic E-state index is 0.0628. The summed E-state index contributed by atoms with van der Waals surface area (Å²) in [6, 6.07) is 18.7. The van der Waals surface area contributed by atoms with Gasteiger partial charge in [-0.15, -0.1) is 0 Å². The van der Waals surface area contributed by atoms with Crippen LogP contribution in [0.15, 0.2) is 60.7 Å². The van der Waals surface area contributed by atoms with Gasteiger partial charge in [-0.3, -0.25) is 9.18 Å². The molecule has 3 heteroatoms. The maximum absolute atomic E-state index is 13.1. The summed E-state index contributed by atoms with van der Waals surface area (Å²) in [5, 5.41) is 0. The van der Waals surface area contributed by atoms with Gasteiger partial charge in [0.25, 0.3) is 0 Å². The highest BCUT2D eigenvalue weighted by molar-refractivity contribution is 5.70. The molecule has 0 bridgehead atoms. The lowest BCUT2D eigenvalue weighted by atomic mass is 9.97. The third kappa shape index (κ3) is 4.19. The van der Waals surface area contributed by atoms with Crippen molar-refractivity contribution in [3.63, 3.8) is 0 Å². The number of rotatable bonds is 6. The number of halogens is 1. The number of ether oxygens (including phenoxy) is 1. The molecule has 0 aliphatic rings. The van der Waals surface area contributed by atoms with Gasteiger partial charge in [0.15, 0.2) is 0 Å². The normalized spacial score (nSPS) is 11.8. The molecule has 2 aromatic carbocycles. The first-order valence-corrected chi connectivity index (χ1v) is 6.60. The third-order valence-electron chi connectivity index (χ3n) is 3.11. The zero-order valence-electron chi connectivity index (χ0n) is 11.2. The van der Waals surface area contributed by atoms with Gasteiger partial charge in [-0.1, -0.05) is 60.7 Å². The summed E-state index contributed by atoms with van der Waals surface area (Å²) >= 11 is 0. The van der Waals surface area contributed by atoms with Crippen molar-refractivity contribution in [2.24, 2.45) is 0 Å². The van der Waals surface area contributed by atoms with Gasteiger partial charge in [0, 0.05) is 5.92 Å². The van der Waals surface area contributed by atoms with Gasteiger partial charge in [-0.2, -0.15) is 0 Å². The Kier molecular flexibility index (Phi) is 5.30. The summed E-state index contributed by atoms with van der Waals surface area (Å²) in [5.41, 5.74) is 1.75. The van der Waals surface area contributed by atoms with Crippen molar-refractivity contribution < 1.29 is 13.9 Å². The predicted molar refractivity (Wildman–Crippen MR) is 76.0 cm³/mol. The highest BCUT2D eigenvalue weighted by Gasteiger charge is 2.16. The molecule has 2 nitrogen and oxygen atoms in total. The van der Waals surface area contributed by atoms with Crippen molar-refractivity contribution in [2.75, 3.05) is 6.67 Å². The van der Waals surface area contributed by atoms with Crippen molar-refractivity contribution in [1.82, 2.24) is 0 Å². The quantitative estimate of drug-likeness (QED) is 0.746. The second-order valence-corrected chi connectivity index (χ2v) is 4.61. The van der Waals surface area contributed by atoms with E-state index in [-0.39, 0.29) is 19.0 Å². The van der Waals surface area contributed by atoms with Crippen LogP contribution in [0.4, 0.5) is 4.39 Å². The lowest BCUT2D eigenvalue weighted by Gasteiger charge is -2.13. The highest BCUT2D eigenvalue weighted by atomic mass is 19.1.